The summed E-state index contributed by atoms with van der Waals surface area (Å²) in [5.74, 6) is -1.02. The highest BCUT2D eigenvalue weighted by Crippen LogP contribution is 2.46. The minimum absolute atomic E-state index is 0.0358. The average molecular weight is 478 g/mol. The maximum Gasteiger partial charge on any atom is 0.417 e. The number of benzene rings is 2. The summed E-state index contributed by atoms with van der Waals surface area (Å²) < 4.78 is 77.2. The van der Waals surface area contributed by atoms with Gasteiger partial charge in [0.15, 0.2) is 12.0 Å². The van der Waals surface area contributed by atoms with Crippen LogP contribution in [0.4, 0.5) is 33.5 Å². The molecule has 0 radical (unpaired) electrons. The maximum atomic E-state index is 15.9. The van der Waals surface area contributed by atoms with Gasteiger partial charge in [-0.05, 0) is 48.7 Å². The van der Waals surface area contributed by atoms with E-state index in [1.807, 2.05) is 0 Å². The predicted molar refractivity (Wildman–Crippen MR) is 117 cm³/mol. The third-order valence-corrected chi connectivity index (χ3v) is 6.16. The van der Waals surface area contributed by atoms with Gasteiger partial charge in [0, 0.05) is 22.2 Å². The van der Waals surface area contributed by atoms with Gasteiger partial charge in [0.2, 0.25) is 0 Å². The van der Waals surface area contributed by atoms with E-state index in [2.05, 4.69) is 9.97 Å². The number of alkyl halides is 4. The normalized spacial score (nSPS) is 20.0. The van der Waals surface area contributed by atoms with Gasteiger partial charge in [-0.25, -0.2) is 13.6 Å². The lowest BCUT2D eigenvalue weighted by molar-refractivity contribution is -0.137. The van der Waals surface area contributed by atoms with Gasteiger partial charge in [-0.2, -0.15) is 18.2 Å². The Labute approximate surface area is 189 Å². The van der Waals surface area contributed by atoms with Crippen LogP contribution in [0.1, 0.15) is 16.7 Å². The van der Waals surface area contributed by atoms with Crippen LogP contribution in [0.5, 0.6) is 0 Å². The topological polar surface area (TPSA) is 84.2 Å². The van der Waals surface area contributed by atoms with Crippen LogP contribution in [-0.4, -0.2) is 35.3 Å². The third kappa shape index (κ3) is 3.37. The van der Waals surface area contributed by atoms with Crippen molar-refractivity contribution in [2.24, 2.45) is 0 Å². The summed E-state index contributed by atoms with van der Waals surface area (Å²) in [6, 6.07) is 2.97. The summed E-state index contributed by atoms with van der Waals surface area (Å²) in [6.07, 6.45) is -4.75. The first-order valence-electron chi connectivity index (χ1n) is 10.4. The van der Waals surface area contributed by atoms with Crippen LogP contribution in [0.2, 0.25) is 0 Å². The number of nitrogen functional groups attached to an aromatic ring is 1. The second-order valence-corrected chi connectivity index (χ2v) is 8.46. The molecule has 2 atom stereocenters. The molecule has 0 spiro atoms. The highest BCUT2D eigenvalue weighted by atomic mass is 19.4. The van der Waals surface area contributed by atoms with Crippen LogP contribution >= 0.6 is 0 Å². The number of H-pyrrole nitrogens is 1. The molecule has 2 aliphatic rings. The first-order valence-corrected chi connectivity index (χ1v) is 10.4. The Bertz CT molecular complexity index is 1430. The number of hydrogen-bond acceptors (Lipinski definition) is 5. The third-order valence-electron chi connectivity index (χ3n) is 6.16. The van der Waals surface area contributed by atoms with Crippen LogP contribution in [0, 0.1) is 19.7 Å². The van der Waals surface area contributed by atoms with Gasteiger partial charge < -0.3 is 20.4 Å². The number of nitrogens with zero attached hydrogens (tertiary/aromatic N) is 2. The number of nitrogens with two attached hydrogens (primary N) is 1. The van der Waals surface area contributed by atoms with Crippen LogP contribution < -0.4 is 16.3 Å². The van der Waals surface area contributed by atoms with E-state index in [4.69, 9.17) is 10.5 Å². The molecule has 1 aliphatic carbocycles. The molecule has 5 rings (SSSR count). The average Bonchev–Trinajstić information content (AvgIpc) is 3.41. The monoisotopic (exact) mass is 478 g/mol. The van der Waals surface area contributed by atoms with Gasteiger partial charge in [0.05, 0.1) is 29.9 Å². The Hall–Kier alpha value is -3.63. The molecule has 2 heterocycles. The van der Waals surface area contributed by atoms with Crippen LogP contribution in [-0.2, 0) is 10.9 Å². The fraction of sp³-hybridized carbons (Fsp3) is 0.304. The molecule has 6 nitrogen and oxygen atoms in total. The van der Waals surface area contributed by atoms with E-state index >= 15 is 4.39 Å². The lowest BCUT2D eigenvalue weighted by Gasteiger charge is -2.24. The SMILES string of the molecule is Cc1cc2c(N3CCOC=C4[C@H](F)[C@H]43)nc(=O)[nH]c2c(F)c1-c1cc(N)cc(C)c1C(F)(F)F. The molecule has 3 aromatic rings. The Balaban J connectivity index is 1.78. The zero-order valence-electron chi connectivity index (χ0n) is 18.1. The first-order chi connectivity index (χ1) is 16.0. The zero-order valence-corrected chi connectivity index (χ0v) is 18.1. The number of ether oxygens (including phenoxy) is 1. The Morgan fingerprint density at radius 1 is 1.21 bits per heavy atom. The second-order valence-electron chi connectivity index (χ2n) is 8.46. The van der Waals surface area contributed by atoms with E-state index in [0.29, 0.717) is 5.57 Å². The standard InChI is InChI=1S/C23H19F5N4O2/c1-9-6-13-19(18(25)15(9)12-7-11(29)5-10(2)16(12)23(26,27)28)30-22(33)31-21(13)32-3-4-34-8-14-17(24)20(14)32/h5-8,17,20H,3-4,29H2,1-2H3,(H,30,31,33)/t17-,20-/m0/s1. The number of fused-ring (bicyclic) bond motifs is 2. The zero-order chi connectivity index (χ0) is 24.5. The number of aromatic amines is 1. The lowest BCUT2D eigenvalue weighted by atomic mass is 9.90. The molecule has 0 saturated heterocycles. The van der Waals surface area contributed by atoms with Crippen LogP contribution in [0.15, 0.2) is 34.8 Å². The highest BCUT2D eigenvalue weighted by molar-refractivity contribution is 5.95. The maximum absolute atomic E-state index is 15.9. The molecule has 11 heteroatoms. The van der Waals surface area contributed by atoms with E-state index in [1.54, 1.807) is 0 Å². The number of anilines is 2. The molecule has 34 heavy (non-hydrogen) atoms. The van der Waals surface area contributed by atoms with Gasteiger partial charge in [-0.1, -0.05) is 0 Å². The summed E-state index contributed by atoms with van der Waals surface area (Å²) in [4.78, 5) is 20.1. The Morgan fingerprint density at radius 2 is 1.94 bits per heavy atom. The predicted octanol–water partition coefficient (Wildman–Crippen LogP) is 4.39. The van der Waals surface area contributed by atoms with E-state index in [1.165, 1.54) is 37.1 Å². The van der Waals surface area contributed by atoms with Crippen LogP contribution in [0.25, 0.3) is 22.0 Å². The molecule has 1 fully saturated rings. The number of hydrogen-bond donors (Lipinski definition) is 2. The second kappa shape index (κ2) is 7.44. The summed E-state index contributed by atoms with van der Waals surface area (Å²) >= 11 is 0. The molecular formula is C23H19F5N4O2. The fourth-order valence-electron chi connectivity index (χ4n) is 4.70. The number of aryl methyl sites for hydroxylation is 2. The number of aromatic nitrogens is 2. The molecule has 1 saturated carbocycles. The molecule has 0 amide bonds. The quantitative estimate of drug-likeness (QED) is 0.422. The smallest absolute Gasteiger partial charge is 0.417 e. The van der Waals surface area contributed by atoms with E-state index in [0.717, 1.165) is 6.07 Å². The van der Waals surface area contributed by atoms with Crippen molar-refractivity contribution in [1.82, 2.24) is 9.97 Å². The van der Waals surface area contributed by atoms with Crippen LogP contribution in [0.3, 0.4) is 0 Å². The summed E-state index contributed by atoms with van der Waals surface area (Å²) in [7, 11) is 0. The van der Waals surface area contributed by atoms with Gasteiger partial charge in [-0.3, -0.25) is 0 Å². The number of nitrogens with one attached hydrogen (secondary N) is 1. The van der Waals surface area contributed by atoms with E-state index < -0.39 is 41.0 Å². The van der Waals surface area contributed by atoms with Crippen molar-refractivity contribution in [3.05, 3.63) is 63.0 Å². The number of halogens is 5. The van der Waals surface area contributed by atoms with Gasteiger partial charge >= 0.3 is 11.9 Å². The van der Waals surface area contributed by atoms with Gasteiger partial charge in [0.1, 0.15) is 12.4 Å². The largest absolute Gasteiger partial charge is 0.499 e. The molecule has 0 bridgehead atoms. The molecule has 0 unspecified atom stereocenters. The van der Waals surface area contributed by atoms with E-state index in [9.17, 15) is 22.4 Å². The van der Waals surface area contributed by atoms with Crippen molar-refractivity contribution in [2.75, 3.05) is 23.8 Å². The molecule has 1 aromatic heterocycles. The Kier molecular flexibility index (Phi) is 4.85. The van der Waals surface area contributed by atoms with Gasteiger partial charge in [-0.15, -0.1) is 0 Å². The van der Waals surface area contributed by atoms with Crippen molar-refractivity contribution in [3.8, 4) is 11.1 Å². The van der Waals surface area contributed by atoms with Crippen molar-refractivity contribution >= 4 is 22.4 Å². The molecular weight excluding hydrogens is 459 g/mol. The molecule has 3 N–H and O–H groups in total. The van der Waals surface area contributed by atoms with Crippen molar-refractivity contribution in [1.29, 1.82) is 0 Å². The van der Waals surface area contributed by atoms with Crippen molar-refractivity contribution < 1.29 is 26.7 Å². The van der Waals surface area contributed by atoms with Crippen molar-refractivity contribution in [2.45, 2.75) is 32.2 Å². The number of rotatable bonds is 2. The molecule has 1 aliphatic heterocycles. The Morgan fingerprint density at radius 3 is 2.65 bits per heavy atom. The van der Waals surface area contributed by atoms with Crippen molar-refractivity contribution in [3.63, 3.8) is 0 Å². The van der Waals surface area contributed by atoms with Gasteiger partial charge in [0.25, 0.3) is 0 Å². The lowest BCUT2D eigenvalue weighted by Crippen LogP contribution is -2.33. The summed E-state index contributed by atoms with van der Waals surface area (Å²) in [5.41, 5.74) is 3.21. The fourth-order valence-corrected chi connectivity index (χ4v) is 4.70. The summed E-state index contributed by atoms with van der Waals surface area (Å²) in [5, 5.41) is 0.146. The first kappa shape index (κ1) is 22.2. The summed E-state index contributed by atoms with van der Waals surface area (Å²) in [6.45, 7) is 3.08. The minimum atomic E-state index is -4.77. The highest BCUT2D eigenvalue weighted by Gasteiger charge is 2.51. The van der Waals surface area contributed by atoms with E-state index in [-0.39, 0.29) is 52.3 Å². The minimum Gasteiger partial charge on any atom is -0.499 e. The molecule has 2 aromatic carbocycles. The molecule has 178 valence electrons.